The lowest BCUT2D eigenvalue weighted by molar-refractivity contribution is 0.230. The van der Waals surface area contributed by atoms with Crippen LogP contribution in [0.4, 0.5) is 10.5 Å². The Bertz CT molecular complexity index is 500. The molecule has 2 fully saturated rings. The van der Waals surface area contributed by atoms with Crippen molar-refractivity contribution in [1.82, 2.24) is 5.32 Å². The number of benzene rings is 1. The summed E-state index contributed by atoms with van der Waals surface area (Å²) in [5.74, 6) is 2.44. The van der Waals surface area contributed by atoms with Gasteiger partial charge in [0, 0.05) is 11.7 Å². The fourth-order valence-corrected chi connectivity index (χ4v) is 4.11. The Labute approximate surface area is 121 Å². The summed E-state index contributed by atoms with van der Waals surface area (Å²) < 4.78 is 0. The van der Waals surface area contributed by atoms with E-state index in [0.717, 1.165) is 23.1 Å². The number of hydrogen-bond donors (Lipinski definition) is 2. The average Bonchev–Trinajstić information content (AvgIpc) is 3.00. The van der Waals surface area contributed by atoms with Crippen LogP contribution in [0.15, 0.2) is 24.3 Å². The van der Waals surface area contributed by atoms with Gasteiger partial charge in [-0.25, -0.2) is 4.79 Å². The van der Waals surface area contributed by atoms with Crippen molar-refractivity contribution >= 4 is 11.7 Å². The van der Waals surface area contributed by atoms with Crippen molar-refractivity contribution < 1.29 is 4.79 Å². The molecule has 1 aromatic rings. The number of anilines is 1. The third kappa shape index (κ3) is 2.82. The first-order valence-corrected chi connectivity index (χ1v) is 7.76. The van der Waals surface area contributed by atoms with E-state index in [1.807, 2.05) is 31.2 Å². The molecule has 2 aliphatic carbocycles. The zero-order valence-corrected chi connectivity index (χ0v) is 12.4. The lowest BCUT2D eigenvalue weighted by Crippen LogP contribution is -2.42. The average molecular weight is 272 g/mol. The second-order valence-electron chi connectivity index (χ2n) is 6.60. The summed E-state index contributed by atoms with van der Waals surface area (Å²) in [5.41, 5.74) is 2.02. The van der Waals surface area contributed by atoms with Gasteiger partial charge in [-0.05, 0) is 68.6 Å². The first-order chi connectivity index (χ1) is 9.61. The molecule has 0 unspecified atom stereocenters. The molecule has 4 atom stereocenters. The van der Waals surface area contributed by atoms with Crippen LogP contribution in [0, 0.1) is 24.7 Å². The van der Waals surface area contributed by atoms with Crippen LogP contribution in [-0.2, 0) is 0 Å². The first kappa shape index (κ1) is 13.5. The molecule has 2 bridgehead atoms. The Morgan fingerprint density at radius 3 is 2.80 bits per heavy atom. The van der Waals surface area contributed by atoms with Gasteiger partial charge in [-0.2, -0.15) is 0 Å². The van der Waals surface area contributed by atoms with Crippen LogP contribution in [0.3, 0.4) is 0 Å². The SMILES string of the molecule is Cc1cccc(NC(=O)N[C@@H](C)[C@@H]2C[C@H]3CC[C@H]2C3)c1. The van der Waals surface area contributed by atoms with E-state index in [1.165, 1.54) is 25.7 Å². The summed E-state index contributed by atoms with van der Waals surface area (Å²) >= 11 is 0. The predicted molar refractivity (Wildman–Crippen MR) is 81.7 cm³/mol. The topological polar surface area (TPSA) is 41.1 Å². The lowest BCUT2D eigenvalue weighted by Gasteiger charge is -2.28. The van der Waals surface area contributed by atoms with Gasteiger partial charge < -0.3 is 10.6 Å². The van der Waals surface area contributed by atoms with Crippen LogP contribution in [0.5, 0.6) is 0 Å². The highest BCUT2D eigenvalue weighted by atomic mass is 16.2. The van der Waals surface area contributed by atoms with Gasteiger partial charge >= 0.3 is 6.03 Å². The lowest BCUT2D eigenvalue weighted by atomic mass is 9.84. The quantitative estimate of drug-likeness (QED) is 0.859. The van der Waals surface area contributed by atoms with Gasteiger partial charge in [0.25, 0.3) is 0 Å². The van der Waals surface area contributed by atoms with Gasteiger partial charge in [-0.15, -0.1) is 0 Å². The fraction of sp³-hybridized carbons (Fsp3) is 0.588. The second-order valence-corrected chi connectivity index (χ2v) is 6.60. The van der Waals surface area contributed by atoms with E-state index in [9.17, 15) is 4.79 Å². The predicted octanol–water partition coefficient (Wildman–Crippen LogP) is 3.94. The van der Waals surface area contributed by atoms with Crippen LogP contribution in [0.2, 0.25) is 0 Å². The molecule has 3 nitrogen and oxygen atoms in total. The maximum atomic E-state index is 12.1. The van der Waals surface area contributed by atoms with E-state index in [2.05, 4.69) is 17.6 Å². The molecule has 2 N–H and O–H groups in total. The van der Waals surface area contributed by atoms with Crippen LogP contribution in [0.1, 0.15) is 38.2 Å². The van der Waals surface area contributed by atoms with Gasteiger partial charge in [0.05, 0.1) is 0 Å². The normalized spacial score (nSPS) is 29.2. The van der Waals surface area contributed by atoms with Gasteiger partial charge in [-0.3, -0.25) is 0 Å². The van der Waals surface area contributed by atoms with E-state index in [1.54, 1.807) is 0 Å². The standard InChI is InChI=1S/C17H24N2O/c1-11-4-3-5-15(8-11)19-17(20)18-12(2)16-10-13-6-7-14(16)9-13/h3-5,8,12-14,16H,6-7,9-10H2,1-2H3,(H2,18,19,20)/t12-,13-,14-,16-/m0/s1. The summed E-state index contributed by atoms with van der Waals surface area (Å²) in [6.45, 7) is 4.18. The number of hydrogen-bond acceptors (Lipinski definition) is 1. The van der Waals surface area contributed by atoms with Crippen LogP contribution >= 0.6 is 0 Å². The molecule has 0 radical (unpaired) electrons. The van der Waals surface area contributed by atoms with Crippen molar-refractivity contribution in [2.45, 2.75) is 45.6 Å². The number of carbonyl (C=O) groups excluding carboxylic acids is 1. The molecule has 20 heavy (non-hydrogen) atoms. The van der Waals surface area contributed by atoms with E-state index in [0.29, 0.717) is 5.92 Å². The highest BCUT2D eigenvalue weighted by Crippen LogP contribution is 2.49. The highest BCUT2D eigenvalue weighted by Gasteiger charge is 2.42. The second kappa shape index (κ2) is 5.47. The van der Waals surface area contributed by atoms with Crippen molar-refractivity contribution in [2.24, 2.45) is 17.8 Å². The number of urea groups is 1. The van der Waals surface area contributed by atoms with E-state index >= 15 is 0 Å². The molecule has 3 heteroatoms. The van der Waals surface area contributed by atoms with Gasteiger partial charge in [0.1, 0.15) is 0 Å². The Hall–Kier alpha value is -1.51. The molecule has 1 aromatic carbocycles. The molecule has 2 aliphatic rings. The molecule has 108 valence electrons. The Balaban J connectivity index is 1.53. The number of rotatable bonds is 3. The Morgan fingerprint density at radius 2 is 2.15 bits per heavy atom. The fourth-order valence-electron chi connectivity index (χ4n) is 4.11. The Morgan fingerprint density at radius 1 is 1.30 bits per heavy atom. The van der Waals surface area contributed by atoms with Gasteiger partial charge in [0.15, 0.2) is 0 Å². The number of fused-ring (bicyclic) bond motifs is 2. The maximum absolute atomic E-state index is 12.1. The van der Waals surface area contributed by atoms with Crippen molar-refractivity contribution in [3.8, 4) is 0 Å². The van der Waals surface area contributed by atoms with Gasteiger partial charge in [-0.1, -0.05) is 18.6 Å². The molecule has 3 rings (SSSR count). The minimum absolute atomic E-state index is 0.0779. The molecule has 0 spiro atoms. The van der Waals surface area contributed by atoms with Gasteiger partial charge in [0.2, 0.25) is 0 Å². The molecule has 2 saturated carbocycles. The van der Waals surface area contributed by atoms with Crippen LogP contribution in [-0.4, -0.2) is 12.1 Å². The minimum Gasteiger partial charge on any atom is -0.335 e. The van der Waals surface area contributed by atoms with Crippen molar-refractivity contribution in [2.75, 3.05) is 5.32 Å². The number of carbonyl (C=O) groups is 1. The van der Waals surface area contributed by atoms with E-state index in [4.69, 9.17) is 0 Å². The summed E-state index contributed by atoms with van der Waals surface area (Å²) in [5, 5.41) is 6.06. The van der Waals surface area contributed by atoms with Crippen molar-refractivity contribution in [1.29, 1.82) is 0 Å². The maximum Gasteiger partial charge on any atom is 0.319 e. The molecule has 2 amide bonds. The van der Waals surface area contributed by atoms with E-state index < -0.39 is 0 Å². The first-order valence-electron chi connectivity index (χ1n) is 7.76. The summed E-state index contributed by atoms with van der Waals surface area (Å²) in [4.78, 5) is 12.1. The monoisotopic (exact) mass is 272 g/mol. The van der Waals surface area contributed by atoms with Crippen molar-refractivity contribution in [3.63, 3.8) is 0 Å². The highest BCUT2D eigenvalue weighted by molar-refractivity contribution is 5.89. The zero-order chi connectivity index (χ0) is 14.1. The van der Waals surface area contributed by atoms with Crippen LogP contribution < -0.4 is 10.6 Å². The smallest absolute Gasteiger partial charge is 0.319 e. The summed E-state index contributed by atoms with van der Waals surface area (Å²) in [7, 11) is 0. The third-order valence-electron chi connectivity index (χ3n) is 5.07. The zero-order valence-electron chi connectivity index (χ0n) is 12.4. The molecule has 0 saturated heterocycles. The summed E-state index contributed by atoms with van der Waals surface area (Å²) in [6, 6.07) is 8.10. The third-order valence-corrected chi connectivity index (χ3v) is 5.07. The molecular weight excluding hydrogens is 248 g/mol. The molecule has 0 heterocycles. The Kier molecular flexibility index (Phi) is 3.68. The molecule has 0 aromatic heterocycles. The number of amides is 2. The molecular formula is C17H24N2O. The van der Waals surface area contributed by atoms with Crippen molar-refractivity contribution in [3.05, 3.63) is 29.8 Å². The largest absolute Gasteiger partial charge is 0.335 e. The minimum atomic E-state index is -0.0779. The van der Waals surface area contributed by atoms with Crippen LogP contribution in [0.25, 0.3) is 0 Å². The number of nitrogens with one attached hydrogen (secondary N) is 2. The van der Waals surface area contributed by atoms with E-state index in [-0.39, 0.29) is 12.1 Å². The molecule has 0 aliphatic heterocycles. The number of aryl methyl sites for hydroxylation is 1. The summed E-state index contributed by atoms with van der Waals surface area (Å²) in [6.07, 6.45) is 5.46.